The third kappa shape index (κ3) is 3.36. The van der Waals surface area contributed by atoms with Crippen LogP contribution in [0.25, 0.3) is 0 Å². The Morgan fingerprint density at radius 3 is 3.20 bits per heavy atom. The predicted octanol–water partition coefficient (Wildman–Crippen LogP) is 0.414. The molecule has 86 valence electrons. The van der Waals surface area contributed by atoms with Gasteiger partial charge in [0.25, 0.3) is 0 Å². The van der Waals surface area contributed by atoms with Crippen LogP contribution in [-0.4, -0.2) is 49.4 Å². The van der Waals surface area contributed by atoms with Crippen molar-refractivity contribution in [3.8, 4) is 0 Å². The molecule has 0 spiro atoms. The normalized spacial score (nSPS) is 31.5. The fraction of sp³-hybridized carbons (Fsp3) is 0.900. The van der Waals surface area contributed by atoms with E-state index >= 15 is 0 Å². The van der Waals surface area contributed by atoms with E-state index in [2.05, 4.69) is 5.32 Å². The summed E-state index contributed by atoms with van der Waals surface area (Å²) in [7, 11) is 0. The monoisotopic (exact) mass is 231 g/mol. The number of hydrogen-bond donors (Lipinski definition) is 1. The largest absolute Gasteiger partial charge is 0.462 e. The van der Waals surface area contributed by atoms with E-state index in [0.29, 0.717) is 6.61 Å². The molecule has 2 atom stereocenters. The summed E-state index contributed by atoms with van der Waals surface area (Å²) in [4.78, 5) is 11.6. The average Bonchev–Trinajstić information content (AvgIpc) is 2.80. The highest BCUT2D eigenvalue weighted by atomic mass is 32.2. The average molecular weight is 231 g/mol. The lowest BCUT2D eigenvalue weighted by molar-refractivity contribution is -0.148. The fourth-order valence-electron chi connectivity index (χ4n) is 1.77. The molecule has 0 aromatic heterocycles. The summed E-state index contributed by atoms with van der Waals surface area (Å²) >= 11 is 1.79. The Balaban J connectivity index is 1.66. The van der Waals surface area contributed by atoms with Gasteiger partial charge in [-0.25, -0.2) is 0 Å². The molecule has 2 fully saturated rings. The molecule has 5 heteroatoms. The molecule has 0 aromatic carbocycles. The zero-order chi connectivity index (χ0) is 10.5. The minimum atomic E-state index is -0.127. The van der Waals surface area contributed by atoms with Gasteiger partial charge in [-0.1, -0.05) is 0 Å². The summed E-state index contributed by atoms with van der Waals surface area (Å²) in [5.41, 5.74) is 0. The van der Waals surface area contributed by atoms with Crippen molar-refractivity contribution in [1.82, 2.24) is 5.32 Å². The molecule has 2 aliphatic rings. The van der Waals surface area contributed by atoms with Gasteiger partial charge in [0, 0.05) is 24.7 Å². The standard InChI is InChI=1S/C10H17NO3S/c12-10(9-7-15-5-3-11-9)14-6-8-2-1-4-13-8/h8-9,11H,1-7H2. The summed E-state index contributed by atoms with van der Waals surface area (Å²) in [6, 6.07) is -0.120. The summed E-state index contributed by atoms with van der Waals surface area (Å²) in [5.74, 6) is 1.78. The molecule has 2 aliphatic heterocycles. The second-order valence-electron chi connectivity index (χ2n) is 3.85. The Hall–Kier alpha value is -0.260. The van der Waals surface area contributed by atoms with Gasteiger partial charge < -0.3 is 14.8 Å². The first-order valence-electron chi connectivity index (χ1n) is 5.45. The van der Waals surface area contributed by atoms with Gasteiger partial charge >= 0.3 is 5.97 Å². The van der Waals surface area contributed by atoms with Crippen LogP contribution in [0.5, 0.6) is 0 Å². The third-order valence-corrected chi connectivity index (χ3v) is 3.70. The molecular formula is C10H17NO3S. The minimum Gasteiger partial charge on any atom is -0.462 e. The Kier molecular flexibility index (Phi) is 4.29. The van der Waals surface area contributed by atoms with Gasteiger partial charge in [-0.05, 0) is 12.8 Å². The van der Waals surface area contributed by atoms with Gasteiger partial charge in [0.2, 0.25) is 0 Å². The maximum absolute atomic E-state index is 11.6. The SMILES string of the molecule is O=C(OCC1CCCO1)C1CSCCN1. The van der Waals surface area contributed by atoms with Crippen molar-refractivity contribution in [3.63, 3.8) is 0 Å². The number of carbonyl (C=O) groups excluding carboxylic acids is 1. The van der Waals surface area contributed by atoms with Crippen molar-refractivity contribution in [2.45, 2.75) is 25.0 Å². The van der Waals surface area contributed by atoms with Gasteiger partial charge in [0.05, 0.1) is 6.10 Å². The fourth-order valence-corrected chi connectivity index (χ4v) is 2.69. The van der Waals surface area contributed by atoms with Gasteiger partial charge in [-0.2, -0.15) is 11.8 Å². The zero-order valence-electron chi connectivity index (χ0n) is 8.74. The van der Waals surface area contributed by atoms with Gasteiger partial charge in [0.15, 0.2) is 0 Å². The lowest BCUT2D eigenvalue weighted by Crippen LogP contribution is -2.44. The van der Waals surface area contributed by atoms with E-state index < -0.39 is 0 Å². The second kappa shape index (κ2) is 5.72. The van der Waals surface area contributed by atoms with Crippen LogP contribution in [0.4, 0.5) is 0 Å². The molecule has 2 heterocycles. The Morgan fingerprint density at radius 1 is 1.60 bits per heavy atom. The zero-order valence-corrected chi connectivity index (χ0v) is 9.55. The quantitative estimate of drug-likeness (QED) is 0.713. The molecule has 0 aliphatic carbocycles. The van der Waals surface area contributed by atoms with Crippen LogP contribution in [0.2, 0.25) is 0 Å². The molecule has 0 amide bonds. The number of rotatable bonds is 3. The lowest BCUT2D eigenvalue weighted by atomic mass is 10.2. The lowest BCUT2D eigenvalue weighted by Gasteiger charge is -2.22. The molecule has 0 bridgehead atoms. The van der Waals surface area contributed by atoms with Crippen molar-refractivity contribution >= 4 is 17.7 Å². The first-order chi connectivity index (χ1) is 7.36. The second-order valence-corrected chi connectivity index (χ2v) is 5.00. The van der Waals surface area contributed by atoms with E-state index in [1.54, 1.807) is 11.8 Å². The number of carbonyl (C=O) groups is 1. The van der Waals surface area contributed by atoms with Crippen LogP contribution in [0, 0.1) is 0 Å². The summed E-state index contributed by atoms with van der Waals surface area (Å²) < 4.78 is 10.6. The van der Waals surface area contributed by atoms with E-state index in [4.69, 9.17) is 9.47 Å². The molecule has 2 saturated heterocycles. The molecule has 0 aromatic rings. The van der Waals surface area contributed by atoms with E-state index in [1.165, 1.54) is 0 Å². The van der Waals surface area contributed by atoms with Crippen LogP contribution in [0.3, 0.4) is 0 Å². The Bertz CT molecular complexity index is 213. The van der Waals surface area contributed by atoms with Crippen LogP contribution < -0.4 is 5.32 Å². The molecule has 15 heavy (non-hydrogen) atoms. The Labute approximate surface area is 94.1 Å². The molecule has 4 nitrogen and oxygen atoms in total. The molecule has 2 rings (SSSR count). The predicted molar refractivity (Wildman–Crippen MR) is 59.0 cm³/mol. The number of hydrogen-bond acceptors (Lipinski definition) is 5. The van der Waals surface area contributed by atoms with Crippen LogP contribution in [0.15, 0.2) is 0 Å². The van der Waals surface area contributed by atoms with Crippen molar-refractivity contribution in [2.75, 3.05) is 31.3 Å². The highest BCUT2D eigenvalue weighted by Gasteiger charge is 2.24. The van der Waals surface area contributed by atoms with E-state index in [-0.39, 0.29) is 18.1 Å². The summed E-state index contributed by atoms with van der Waals surface area (Å²) in [6.07, 6.45) is 2.23. The maximum Gasteiger partial charge on any atom is 0.324 e. The number of esters is 1. The van der Waals surface area contributed by atoms with Crippen LogP contribution >= 0.6 is 11.8 Å². The molecule has 0 radical (unpaired) electrons. The highest BCUT2D eigenvalue weighted by molar-refractivity contribution is 7.99. The van der Waals surface area contributed by atoms with E-state index in [1.807, 2.05) is 0 Å². The topological polar surface area (TPSA) is 47.6 Å². The molecule has 1 N–H and O–H groups in total. The van der Waals surface area contributed by atoms with Gasteiger partial charge in [0.1, 0.15) is 12.6 Å². The Morgan fingerprint density at radius 2 is 2.53 bits per heavy atom. The maximum atomic E-state index is 11.6. The van der Waals surface area contributed by atoms with Crippen LogP contribution in [-0.2, 0) is 14.3 Å². The van der Waals surface area contributed by atoms with Crippen molar-refractivity contribution in [2.24, 2.45) is 0 Å². The van der Waals surface area contributed by atoms with Crippen molar-refractivity contribution in [1.29, 1.82) is 0 Å². The van der Waals surface area contributed by atoms with E-state index in [9.17, 15) is 4.79 Å². The first-order valence-corrected chi connectivity index (χ1v) is 6.61. The summed E-state index contributed by atoms with van der Waals surface area (Å²) in [5, 5.41) is 3.16. The molecule has 0 saturated carbocycles. The third-order valence-electron chi connectivity index (χ3n) is 2.64. The van der Waals surface area contributed by atoms with Crippen molar-refractivity contribution < 1.29 is 14.3 Å². The first kappa shape index (κ1) is 11.2. The van der Waals surface area contributed by atoms with Crippen LogP contribution in [0.1, 0.15) is 12.8 Å². The molecule has 2 unspecified atom stereocenters. The number of thioether (sulfide) groups is 1. The number of nitrogens with one attached hydrogen (secondary N) is 1. The minimum absolute atomic E-state index is 0.120. The summed E-state index contributed by atoms with van der Waals surface area (Å²) in [6.45, 7) is 2.12. The van der Waals surface area contributed by atoms with E-state index in [0.717, 1.165) is 37.5 Å². The van der Waals surface area contributed by atoms with Gasteiger partial charge in [-0.3, -0.25) is 4.79 Å². The number of ether oxygens (including phenoxy) is 2. The smallest absolute Gasteiger partial charge is 0.324 e. The van der Waals surface area contributed by atoms with Crippen molar-refractivity contribution in [3.05, 3.63) is 0 Å². The highest BCUT2D eigenvalue weighted by Crippen LogP contribution is 2.13. The van der Waals surface area contributed by atoms with Gasteiger partial charge in [-0.15, -0.1) is 0 Å². The molecular weight excluding hydrogens is 214 g/mol.